The van der Waals surface area contributed by atoms with Crippen LogP contribution in [0, 0.1) is 63.2 Å². The van der Waals surface area contributed by atoms with E-state index < -0.39 is 0 Å². The SMILES string of the molecule is CN(C)c1ccc(C(=C(CC[C]2[CH][CH][CH][CH]2)[C]2[CH][CH][CH][CH]2)c2ccc(N(C)C)cc2)cc1. The fourth-order valence-corrected chi connectivity index (χ4v) is 4.21. The summed E-state index contributed by atoms with van der Waals surface area (Å²) in [6, 6.07) is 17.9. The van der Waals surface area contributed by atoms with Gasteiger partial charge in [-0.15, -0.1) is 0 Å². The molecular weight excluding hydrogens is 388 g/mol. The molecule has 0 aliphatic heterocycles. The van der Waals surface area contributed by atoms with E-state index in [0.29, 0.717) is 0 Å². The molecule has 0 atom stereocenters. The summed E-state index contributed by atoms with van der Waals surface area (Å²) in [4.78, 5) is 4.29. The first-order chi connectivity index (χ1) is 15.5. The highest BCUT2D eigenvalue weighted by molar-refractivity contribution is 5.86. The number of anilines is 2. The molecule has 0 amide bonds. The highest BCUT2D eigenvalue weighted by Crippen LogP contribution is 2.42. The minimum absolute atomic E-state index is 0.994. The van der Waals surface area contributed by atoms with E-state index in [0.717, 1.165) is 12.8 Å². The lowest BCUT2D eigenvalue weighted by molar-refractivity contribution is 0.863. The molecule has 0 saturated heterocycles. The molecule has 2 aromatic carbocycles. The average Bonchev–Trinajstić information content (AvgIpc) is 3.51. The predicted octanol–water partition coefficient (Wildman–Crippen LogP) is 6.21. The molecule has 0 N–H and O–H groups in total. The lowest BCUT2D eigenvalue weighted by Crippen LogP contribution is -2.09. The first-order valence-electron chi connectivity index (χ1n) is 11.2. The van der Waals surface area contributed by atoms with Crippen molar-refractivity contribution < 1.29 is 0 Å². The molecule has 0 unspecified atom stereocenters. The zero-order chi connectivity index (χ0) is 22.5. The van der Waals surface area contributed by atoms with Crippen LogP contribution >= 0.6 is 0 Å². The highest BCUT2D eigenvalue weighted by atomic mass is 15.1. The van der Waals surface area contributed by atoms with Crippen molar-refractivity contribution in [3.05, 3.63) is 128 Å². The maximum absolute atomic E-state index is 2.26. The van der Waals surface area contributed by atoms with Gasteiger partial charge in [0.2, 0.25) is 0 Å². The minimum Gasteiger partial charge on any atom is -0.378 e. The summed E-state index contributed by atoms with van der Waals surface area (Å²) < 4.78 is 0. The molecule has 0 aromatic heterocycles. The van der Waals surface area contributed by atoms with E-state index in [9.17, 15) is 0 Å². The third kappa shape index (κ3) is 5.39. The summed E-state index contributed by atoms with van der Waals surface area (Å²) in [6.07, 6.45) is 19.5. The number of hydrogen-bond acceptors (Lipinski definition) is 2. The predicted molar refractivity (Wildman–Crippen MR) is 138 cm³/mol. The van der Waals surface area contributed by atoms with Crippen molar-refractivity contribution in [1.29, 1.82) is 0 Å². The lowest BCUT2D eigenvalue weighted by Gasteiger charge is -2.23. The molecule has 0 heterocycles. The van der Waals surface area contributed by atoms with E-state index >= 15 is 0 Å². The van der Waals surface area contributed by atoms with Crippen molar-refractivity contribution in [2.75, 3.05) is 38.0 Å². The van der Waals surface area contributed by atoms with Gasteiger partial charge < -0.3 is 9.80 Å². The molecule has 2 nitrogen and oxygen atoms in total. The molecule has 0 bridgehead atoms. The molecular formula is C30H32N2. The smallest absolute Gasteiger partial charge is 0.0361 e. The topological polar surface area (TPSA) is 6.48 Å². The number of allylic oxidation sites excluding steroid dienone is 1. The highest BCUT2D eigenvalue weighted by Gasteiger charge is 2.27. The summed E-state index contributed by atoms with van der Waals surface area (Å²) in [6.45, 7) is 0. The Morgan fingerprint density at radius 2 is 1.03 bits per heavy atom. The second-order valence-electron chi connectivity index (χ2n) is 8.70. The largest absolute Gasteiger partial charge is 0.378 e. The maximum Gasteiger partial charge on any atom is 0.0361 e. The van der Waals surface area contributed by atoms with Crippen LogP contribution in [0.4, 0.5) is 11.4 Å². The van der Waals surface area contributed by atoms with Crippen LogP contribution < -0.4 is 9.80 Å². The number of nitrogens with zero attached hydrogens (tertiary/aromatic N) is 2. The second kappa shape index (κ2) is 10.6. The van der Waals surface area contributed by atoms with Crippen molar-refractivity contribution in [1.82, 2.24) is 0 Å². The molecule has 2 fully saturated rings. The van der Waals surface area contributed by atoms with E-state index in [1.807, 2.05) is 0 Å². The Hall–Kier alpha value is -2.22. The van der Waals surface area contributed by atoms with Crippen molar-refractivity contribution in [3.63, 3.8) is 0 Å². The van der Waals surface area contributed by atoms with E-state index in [2.05, 4.69) is 138 Å². The Kier molecular flexibility index (Phi) is 7.60. The van der Waals surface area contributed by atoms with E-state index in [-0.39, 0.29) is 0 Å². The fourth-order valence-electron chi connectivity index (χ4n) is 4.21. The van der Waals surface area contributed by atoms with Gasteiger partial charge in [0.05, 0.1) is 0 Å². The Morgan fingerprint density at radius 3 is 1.47 bits per heavy atom. The van der Waals surface area contributed by atoms with Crippen molar-refractivity contribution in [3.8, 4) is 0 Å². The average molecular weight is 421 g/mol. The third-order valence-electron chi connectivity index (χ3n) is 6.05. The van der Waals surface area contributed by atoms with Gasteiger partial charge in [-0.3, -0.25) is 0 Å². The van der Waals surface area contributed by atoms with Crippen LogP contribution in [0.3, 0.4) is 0 Å². The monoisotopic (exact) mass is 420 g/mol. The van der Waals surface area contributed by atoms with Gasteiger partial charge in [-0.1, -0.05) is 29.8 Å². The Balaban J connectivity index is 1.77. The molecule has 0 spiro atoms. The summed E-state index contributed by atoms with van der Waals surface area (Å²) in [5.74, 6) is 2.69. The molecule has 2 aromatic rings. The Bertz CT molecular complexity index is 824. The van der Waals surface area contributed by atoms with Gasteiger partial charge in [-0.25, -0.2) is 0 Å². The summed E-state index contributed by atoms with van der Waals surface area (Å²) in [5, 5.41) is 0. The van der Waals surface area contributed by atoms with Gasteiger partial charge in [0, 0.05) is 45.5 Å². The fraction of sp³-hybridized carbons (Fsp3) is 0.200. The van der Waals surface area contributed by atoms with Crippen LogP contribution in [0.25, 0.3) is 5.57 Å². The summed E-state index contributed by atoms with van der Waals surface area (Å²) in [5.41, 5.74) is 7.65. The van der Waals surface area contributed by atoms with Crippen molar-refractivity contribution in [2.45, 2.75) is 12.8 Å². The van der Waals surface area contributed by atoms with E-state index in [4.69, 9.17) is 0 Å². The van der Waals surface area contributed by atoms with Gasteiger partial charge in [0.25, 0.3) is 0 Å². The molecule has 2 aliphatic carbocycles. The van der Waals surface area contributed by atoms with Gasteiger partial charge >= 0.3 is 0 Å². The van der Waals surface area contributed by atoms with Crippen LogP contribution in [-0.2, 0) is 0 Å². The Morgan fingerprint density at radius 1 is 0.594 bits per heavy atom. The van der Waals surface area contributed by atoms with Crippen molar-refractivity contribution >= 4 is 16.9 Å². The van der Waals surface area contributed by atoms with Crippen molar-refractivity contribution in [2.24, 2.45) is 0 Å². The van der Waals surface area contributed by atoms with Gasteiger partial charge in [0.15, 0.2) is 0 Å². The van der Waals surface area contributed by atoms with Crippen LogP contribution in [0.15, 0.2) is 54.1 Å². The zero-order valence-corrected chi connectivity index (χ0v) is 19.5. The lowest BCUT2D eigenvalue weighted by atomic mass is 9.82. The molecule has 4 rings (SSSR count). The van der Waals surface area contributed by atoms with Gasteiger partial charge in [0.1, 0.15) is 0 Å². The number of rotatable bonds is 8. The Labute approximate surface area is 196 Å². The van der Waals surface area contributed by atoms with E-state index in [1.165, 1.54) is 45.5 Å². The standard InChI is InChI=1S/C30H32N2/c1-31(2)27-18-14-25(15-19-27)30(26-16-20-28(21-17-26)32(3)4)29(24-11-7-8-12-24)22-13-23-9-5-6-10-23/h5-12,14-21H,13,22H2,1-4H3. The van der Waals surface area contributed by atoms with Gasteiger partial charge in [-0.05, 0) is 111 Å². The molecule has 32 heavy (non-hydrogen) atoms. The number of benzene rings is 2. The second-order valence-corrected chi connectivity index (χ2v) is 8.70. The first-order valence-corrected chi connectivity index (χ1v) is 11.2. The normalized spacial score (nSPS) is 17.0. The summed E-state index contributed by atoms with van der Waals surface area (Å²) in [7, 11) is 8.34. The quantitative estimate of drug-likeness (QED) is 0.501. The van der Waals surface area contributed by atoms with Crippen LogP contribution in [0.5, 0.6) is 0 Å². The van der Waals surface area contributed by atoms with Crippen LogP contribution in [0.1, 0.15) is 24.0 Å². The maximum atomic E-state index is 2.26. The minimum atomic E-state index is 0.994. The molecule has 162 valence electrons. The van der Waals surface area contributed by atoms with E-state index in [1.54, 1.807) is 0 Å². The molecule has 10 radical (unpaired) electrons. The van der Waals surface area contributed by atoms with Gasteiger partial charge in [-0.2, -0.15) is 0 Å². The van der Waals surface area contributed by atoms with Crippen LogP contribution in [0.2, 0.25) is 0 Å². The molecule has 2 saturated carbocycles. The first kappa shape index (κ1) is 23.0. The zero-order valence-electron chi connectivity index (χ0n) is 19.5. The molecule has 2 aliphatic rings. The number of hydrogen-bond donors (Lipinski definition) is 0. The summed E-state index contributed by atoms with van der Waals surface area (Å²) >= 11 is 0. The van der Waals surface area contributed by atoms with Crippen LogP contribution in [-0.4, -0.2) is 28.2 Å². The molecule has 2 heteroatoms. The third-order valence-corrected chi connectivity index (χ3v) is 6.05.